The lowest BCUT2D eigenvalue weighted by Crippen LogP contribution is -2.45. The molecule has 0 saturated carbocycles. The summed E-state index contributed by atoms with van der Waals surface area (Å²) < 4.78 is 31.8. The van der Waals surface area contributed by atoms with Crippen molar-refractivity contribution in [2.45, 2.75) is 26.2 Å². The molecule has 0 aromatic carbocycles. The van der Waals surface area contributed by atoms with E-state index in [-0.39, 0.29) is 0 Å². The van der Waals surface area contributed by atoms with Crippen molar-refractivity contribution < 1.29 is 13.2 Å². The Balaban J connectivity index is 1.62. The highest BCUT2D eigenvalue weighted by atomic mass is 35.5. The van der Waals surface area contributed by atoms with Crippen molar-refractivity contribution in [1.29, 1.82) is 0 Å². The number of hydrogen-bond acceptors (Lipinski definition) is 5. The van der Waals surface area contributed by atoms with Crippen molar-refractivity contribution in [3.8, 4) is 5.82 Å². The molecular weight excluding hydrogens is 440 g/mol. The van der Waals surface area contributed by atoms with E-state index in [0.29, 0.717) is 40.8 Å². The first-order valence-corrected chi connectivity index (χ1v) is 11.7. The van der Waals surface area contributed by atoms with Crippen LogP contribution in [0, 0.1) is 6.92 Å². The zero-order valence-electron chi connectivity index (χ0n) is 17.2. The summed E-state index contributed by atoms with van der Waals surface area (Å²) in [5.74, 6) is -0.00712. The van der Waals surface area contributed by atoms with Crippen molar-refractivity contribution >= 4 is 44.8 Å². The standard InChI is InChI=1S/C20H23ClN6O3S/c1-14-17(6-7-18(28)24-31(29,30)26-9-4-3-5-10-26)20(25(2)23-14)27-11-8-15-12-16(21)13-22-19(15)27/h6-8,11-13H,3-5,9-10H2,1-2H3,(H,24,28)/b7-6+. The van der Waals surface area contributed by atoms with Gasteiger partial charge < -0.3 is 0 Å². The molecule has 0 atom stereocenters. The number of hydrogen-bond donors (Lipinski definition) is 1. The van der Waals surface area contributed by atoms with Crippen LogP contribution in [0.5, 0.6) is 0 Å². The van der Waals surface area contributed by atoms with Crippen LogP contribution in [0.4, 0.5) is 0 Å². The molecule has 1 fully saturated rings. The van der Waals surface area contributed by atoms with Crippen LogP contribution in [0.25, 0.3) is 22.9 Å². The Morgan fingerprint density at radius 3 is 2.74 bits per heavy atom. The minimum atomic E-state index is -3.84. The number of halogens is 1. The maximum Gasteiger partial charge on any atom is 0.304 e. The molecular formula is C20H23ClN6O3S. The molecule has 9 nitrogen and oxygen atoms in total. The largest absolute Gasteiger partial charge is 0.304 e. The summed E-state index contributed by atoms with van der Waals surface area (Å²) in [4.78, 5) is 16.8. The quantitative estimate of drug-likeness (QED) is 0.587. The van der Waals surface area contributed by atoms with Crippen molar-refractivity contribution in [3.05, 3.63) is 46.9 Å². The van der Waals surface area contributed by atoms with Gasteiger partial charge in [-0.1, -0.05) is 18.0 Å². The lowest BCUT2D eigenvalue weighted by atomic mass is 10.2. The molecule has 0 unspecified atom stereocenters. The van der Waals surface area contributed by atoms with Crippen molar-refractivity contribution in [2.75, 3.05) is 13.1 Å². The number of nitrogens with zero attached hydrogens (tertiary/aromatic N) is 5. The van der Waals surface area contributed by atoms with Gasteiger partial charge in [-0.05, 0) is 38.0 Å². The molecule has 31 heavy (non-hydrogen) atoms. The molecule has 0 aliphatic carbocycles. The van der Waals surface area contributed by atoms with Crippen molar-refractivity contribution in [2.24, 2.45) is 7.05 Å². The monoisotopic (exact) mass is 462 g/mol. The van der Waals surface area contributed by atoms with E-state index in [1.54, 1.807) is 24.0 Å². The number of carbonyl (C=O) groups excluding carboxylic acids is 1. The zero-order chi connectivity index (χ0) is 22.2. The average Bonchev–Trinajstić information content (AvgIpc) is 3.25. The van der Waals surface area contributed by atoms with Crippen LogP contribution >= 0.6 is 11.6 Å². The Hall–Kier alpha value is -2.69. The molecule has 1 N–H and O–H groups in total. The molecule has 164 valence electrons. The highest BCUT2D eigenvalue weighted by Gasteiger charge is 2.25. The van der Waals surface area contributed by atoms with E-state index in [2.05, 4.69) is 14.8 Å². The van der Waals surface area contributed by atoms with E-state index >= 15 is 0 Å². The van der Waals surface area contributed by atoms with E-state index in [1.807, 2.05) is 29.8 Å². The Morgan fingerprint density at radius 1 is 1.26 bits per heavy atom. The smallest absolute Gasteiger partial charge is 0.285 e. The second-order valence-electron chi connectivity index (χ2n) is 7.46. The summed E-state index contributed by atoms with van der Waals surface area (Å²) in [5, 5.41) is 5.86. The van der Waals surface area contributed by atoms with E-state index < -0.39 is 16.1 Å². The molecule has 1 saturated heterocycles. The highest BCUT2D eigenvalue weighted by molar-refractivity contribution is 7.87. The molecule has 11 heteroatoms. The summed E-state index contributed by atoms with van der Waals surface area (Å²) in [6.45, 7) is 2.67. The first-order valence-electron chi connectivity index (χ1n) is 9.93. The van der Waals surface area contributed by atoms with Gasteiger partial charge in [-0.2, -0.15) is 17.8 Å². The van der Waals surface area contributed by atoms with E-state index in [0.717, 1.165) is 24.6 Å². The molecule has 4 rings (SSSR count). The Labute approximate surface area is 185 Å². The maximum absolute atomic E-state index is 12.4. The average molecular weight is 463 g/mol. The molecule has 3 aromatic heterocycles. The van der Waals surface area contributed by atoms with Gasteiger partial charge >= 0.3 is 10.2 Å². The van der Waals surface area contributed by atoms with Gasteiger partial charge in [0.2, 0.25) is 0 Å². The van der Waals surface area contributed by atoms with Gasteiger partial charge in [-0.3, -0.25) is 14.0 Å². The lowest BCUT2D eigenvalue weighted by Gasteiger charge is -2.25. The van der Waals surface area contributed by atoms with Crippen molar-refractivity contribution in [3.63, 3.8) is 0 Å². The van der Waals surface area contributed by atoms with E-state index in [4.69, 9.17) is 11.6 Å². The number of carbonyl (C=O) groups is 1. The predicted molar refractivity (Wildman–Crippen MR) is 119 cm³/mol. The third-order valence-corrected chi connectivity index (χ3v) is 6.96. The fourth-order valence-electron chi connectivity index (χ4n) is 3.80. The van der Waals surface area contributed by atoms with E-state index in [9.17, 15) is 13.2 Å². The molecule has 0 bridgehead atoms. The van der Waals surface area contributed by atoms with Crippen LogP contribution < -0.4 is 4.72 Å². The molecule has 0 radical (unpaired) electrons. The fourth-order valence-corrected chi connectivity index (χ4v) is 5.16. The normalized spacial score (nSPS) is 15.7. The summed E-state index contributed by atoms with van der Waals surface area (Å²) in [6.07, 6.45) is 8.80. The SMILES string of the molecule is Cc1nn(C)c(-n2ccc3cc(Cl)cnc32)c1/C=C/C(=O)NS(=O)(=O)N1CCCCC1. The van der Waals surface area contributed by atoms with Crippen LogP contribution in [0.1, 0.15) is 30.5 Å². The Kier molecular flexibility index (Phi) is 5.87. The number of fused-ring (bicyclic) bond motifs is 1. The lowest BCUT2D eigenvalue weighted by molar-refractivity contribution is -0.114. The maximum atomic E-state index is 12.4. The van der Waals surface area contributed by atoms with Gasteiger partial charge in [0.25, 0.3) is 5.91 Å². The molecule has 0 spiro atoms. The number of rotatable bonds is 5. The van der Waals surface area contributed by atoms with Crippen LogP contribution in [0.15, 0.2) is 30.6 Å². The minimum absolute atomic E-state index is 0.426. The summed E-state index contributed by atoms with van der Waals surface area (Å²) in [5.41, 5.74) is 2.07. The third kappa shape index (κ3) is 4.36. The summed E-state index contributed by atoms with van der Waals surface area (Å²) in [7, 11) is -2.05. The van der Waals surface area contributed by atoms with Gasteiger partial charge in [-0.25, -0.2) is 9.71 Å². The van der Waals surface area contributed by atoms with Crippen LogP contribution in [-0.2, 0) is 22.1 Å². The van der Waals surface area contributed by atoms with Gasteiger partial charge in [-0.15, -0.1) is 0 Å². The molecule has 3 aromatic rings. The van der Waals surface area contributed by atoms with Gasteiger partial charge in [0.05, 0.1) is 10.7 Å². The second kappa shape index (κ2) is 8.45. The van der Waals surface area contributed by atoms with Gasteiger partial charge in [0.1, 0.15) is 11.5 Å². The number of nitrogens with one attached hydrogen (secondary N) is 1. The van der Waals surface area contributed by atoms with Gasteiger partial charge in [0.15, 0.2) is 0 Å². The van der Waals surface area contributed by atoms with Crippen molar-refractivity contribution in [1.82, 2.24) is 28.4 Å². The Bertz CT molecular complexity index is 1270. The van der Waals surface area contributed by atoms with Crippen LogP contribution in [0.2, 0.25) is 5.02 Å². The summed E-state index contributed by atoms with van der Waals surface area (Å²) >= 11 is 6.04. The predicted octanol–water partition coefficient (Wildman–Crippen LogP) is 2.58. The molecule has 1 aliphatic heterocycles. The topological polar surface area (TPSA) is 102 Å². The number of piperidine rings is 1. The van der Waals surface area contributed by atoms with Crippen LogP contribution in [0.3, 0.4) is 0 Å². The number of amides is 1. The number of aryl methyl sites for hydroxylation is 2. The highest BCUT2D eigenvalue weighted by Crippen LogP contribution is 2.25. The minimum Gasteiger partial charge on any atom is -0.285 e. The first-order chi connectivity index (χ1) is 14.8. The first kappa shape index (κ1) is 21.5. The molecule has 4 heterocycles. The van der Waals surface area contributed by atoms with Crippen LogP contribution in [-0.4, -0.2) is 51.1 Å². The van der Waals surface area contributed by atoms with Gasteiger partial charge in [0, 0.05) is 49.6 Å². The molecule has 1 amide bonds. The fraction of sp³-hybridized carbons (Fsp3) is 0.350. The number of pyridine rings is 1. The number of aromatic nitrogens is 4. The second-order valence-corrected chi connectivity index (χ2v) is 9.57. The molecule has 1 aliphatic rings. The third-order valence-electron chi connectivity index (χ3n) is 5.24. The summed E-state index contributed by atoms with van der Waals surface area (Å²) in [6, 6.07) is 3.71. The zero-order valence-corrected chi connectivity index (χ0v) is 18.8. The Morgan fingerprint density at radius 2 is 2.00 bits per heavy atom. The van der Waals surface area contributed by atoms with E-state index in [1.165, 1.54) is 10.4 Å².